The lowest BCUT2D eigenvalue weighted by atomic mass is 9.51. The van der Waals surface area contributed by atoms with Crippen LogP contribution in [0.15, 0.2) is 0 Å². The standard InChI is InChI=1S/C17H31N3O/c1-16(15(18)21)8-3-4-9-17(16,14-6-5-7-14)20-12-10-19(2)11-13-20/h14H,3-13H2,1-2H3,(H2,18,21). The fourth-order valence-electron chi connectivity index (χ4n) is 5.21. The van der Waals surface area contributed by atoms with Gasteiger partial charge in [0.25, 0.3) is 0 Å². The van der Waals surface area contributed by atoms with E-state index >= 15 is 0 Å². The highest BCUT2D eigenvalue weighted by Crippen LogP contribution is 2.56. The summed E-state index contributed by atoms with van der Waals surface area (Å²) >= 11 is 0. The lowest BCUT2D eigenvalue weighted by molar-refractivity contribution is -0.160. The Morgan fingerprint density at radius 2 is 1.67 bits per heavy atom. The van der Waals surface area contributed by atoms with Gasteiger partial charge in [0, 0.05) is 31.7 Å². The average Bonchev–Trinajstić information content (AvgIpc) is 2.40. The Morgan fingerprint density at radius 3 is 2.19 bits per heavy atom. The van der Waals surface area contributed by atoms with Gasteiger partial charge in [-0.2, -0.15) is 0 Å². The first-order chi connectivity index (χ1) is 10.0. The summed E-state index contributed by atoms with van der Waals surface area (Å²) in [5.74, 6) is 0.617. The quantitative estimate of drug-likeness (QED) is 0.864. The zero-order valence-electron chi connectivity index (χ0n) is 13.7. The van der Waals surface area contributed by atoms with Gasteiger partial charge in [0.15, 0.2) is 0 Å². The number of rotatable bonds is 3. The number of hydrogen-bond acceptors (Lipinski definition) is 3. The van der Waals surface area contributed by atoms with Crippen LogP contribution < -0.4 is 5.73 Å². The van der Waals surface area contributed by atoms with E-state index in [1.54, 1.807) is 0 Å². The number of carbonyl (C=O) groups is 1. The van der Waals surface area contributed by atoms with Crippen LogP contribution in [0.1, 0.15) is 51.9 Å². The minimum Gasteiger partial charge on any atom is -0.369 e. The monoisotopic (exact) mass is 293 g/mol. The number of primary amides is 1. The lowest BCUT2D eigenvalue weighted by Gasteiger charge is -2.63. The average molecular weight is 293 g/mol. The number of amides is 1. The molecule has 3 rings (SSSR count). The molecule has 0 aromatic rings. The largest absolute Gasteiger partial charge is 0.369 e. The highest BCUT2D eigenvalue weighted by atomic mass is 16.1. The molecule has 2 aliphatic carbocycles. The van der Waals surface area contributed by atoms with Crippen molar-refractivity contribution in [3.05, 3.63) is 0 Å². The van der Waals surface area contributed by atoms with Gasteiger partial charge in [-0.15, -0.1) is 0 Å². The first-order valence-electron chi connectivity index (χ1n) is 8.74. The van der Waals surface area contributed by atoms with Crippen LogP contribution in [0.3, 0.4) is 0 Å². The zero-order chi connectivity index (χ0) is 15.1. The second-order valence-electron chi connectivity index (χ2n) is 7.75. The van der Waals surface area contributed by atoms with Gasteiger partial charge in [0.2, 0.25) is 5.91 Å². The fraction of sp³-hybridized carbons (Fsp3) is 0.941. The van der Waals surface area contributed by atoms with Crippen molar-refractivity contribution in [3.63, 3.8) is 0 Å². The summed E-state index contributed by atoms with van der Waals surface area (Å²) in [6.07, 6.45) is 8.46. The molecule has 2 saturated carbocycles. The molecule has 4 heteroatoms. The normalized spacial score (nSPS) is 39.9. The third-order valence-corrected chi connectivity index (χ3v) is 6.83. The summed E-state index contributed by atoms with van der Waals surface area (Å²) in [7, 11) is 2.20. The molecule has 0 radical (unpaired) electrons. The van der Waals surface area contributed by atoms with Gasteiger partial charge in [-0.1, -0.05) is 19.3 Å². The van der Waals surface area contributed by atoms with Crippen LogP contribution in [0.25, 0.3) is 0 Å². The van der Waals surface area contributed by atoms with E-state index in [0.29, 0.717) is 5.92 Å². The number of piperazine rings is 1. The van der Waals surface area contributed by atoms with Crippen LogP contribution in [0.5, 0.6) is 0 Å². The third-order valence-electron chi connectivity index (χ3n) is 6.83. The van der Waals surface area contributed by atoms with Crippen molar-refractivity contribution in [2.75, 3.05) is 33.2 Å². The van der Waals surface area contributed by atoms with E-state index in [1.807, 2.05) is 0 Å². The molecule has 2 N–H and O–H groups in total. The van der Waals surface area contributed by atoms with Gasteiger partial charge < -0.3 is 10.6 Å². The van der Waals surface area contributed by atoms with Crippen molar-refractivity contribution >= 4 is 5.91 Å². The molecular weight excluding hydrogens is 262 g/mol. The van der Waals surface area contributed by atoms with Crippen LogP contribution in [-0.4, -0.2) is 54.5 Å². The minimum absolute atomic E-state index is 0.0383. The van der Waals surface area contributed by atoms with Crippen LogP contribution in [0, 0.1) is 11.3 Å². The van der Waals surface area contributed by atoms with Crippen molar-refractivity contribution in [1.82, 2.24) is 9.80 Å². The molecule has 0 aromatic carbocycles. The zero-order valence-corrected chi connectivity index (χ0v) is 13.7. The first-order valence-corrected chi connectivity index (χ1v) is 8.74. The summed E-state index contributed by atoms with van der Waals surface area (Å²) in [5, 5.41) is 0. The van der Waals surface area contributed by atoms with E-state index in [9.17, 15) is 4.79 Å². The van der Waals surface area contributed by atoms with Gasteiger partial charge in [0.05, 0.1) is 5.41 Å². The summed E-state index contributed by atoms with van der Waals surface area (Å²) in [6.45, 7) is 6.59. The Kier molecular flexibility index (Phi) is 4.04. The lowest BCUT2D eigenvalue weighted by Crippen LogP contribution is -2.71. The Bertz CT molecular complexity index is 401. The Morgan fingerprint density at radius 1 is 1.05 bits per heavy atom. The van der Waals surface area contributed by atoms with Crippen molar-refractivity contribution in [3.8, 4) is 0 Å². The molecule has 3 fully saturated rings. The van der Waals surface area contributed by atoms with Gasteiger partial charge in [-0.25, -0.2) is 0 Å². The van der Waals surface area contributed by atoms with Gasteiger partial charge in [-0.3, -0.25) is 9.69 Å². The molecule has 120 valence electrons. The van der Waals surface area contributed by atoms with Crippen LogP contribution in [0.4, 0.5) is 0 Å². The second kappa shape index (κ2) is 5.54. The van der Waals surface area contributed by atoms with E-state index < -0.39 is 0 Å². The van der Waals surface area contributed by atoms with E-state index in [0.717, 1.165) is 39.0 Å². The summed E-state index contributed by atoms with van der Waals surface area (Å²) in [5.41, 5.74) is 5.65. The number of nitrogens with two attached hydrogens (primary N) is 1. The molecule has 1 saturated heterocycles. The van der Waals surface area contributed by atoms with E-state index in [4.69, 9.17) is 5.73 Å². The van der Waals surface area contributed by atoms with Crippen LogP contribution in [-0.2, 0) is 4.79 Å². The minimum atomic E-state index is -0.341. The van der Waals surface area contributed by atoms with E-state index in [2.05, 4.69) is 23.8 Å². The molecule has 1 aliphatic heterocycles. The summed E-state index contributed by atoms with van der Waals surface area (Å²) in [6, 6.07) is 0. The number of carbonyl (C=O) groups excluding carboxylic acids is 1. The maximum absolute atomic E-state index is 12.4. The molecular formula is C17H31N3O. The highest BCUT2D eigenvalue weighted by Gasteiger charge is 2.61. The fourth-order valence-corrected chi connectivity index (χ4v) is 5.21. The first kappa shape index (κ1) is 15.3. The molecule has 3 aliphatic rings. The van der Waals surface area contributed by atoms with Crippen LogP contribution >= 0.6 is 0 Å². The molecule has 0 bridgehead atoms. The van der Waals surface area contributed by atoms with E-state index in [-0.39, 0.29) is 16.9 Å². The maximum atomic E-state index is 12.4. The molecule has 2 atom stereocenters. The van der Waals surface area contributed by atoms with Crippen molar-refractivity contribution in [2.45, 2.75) is 57.4 Å². The SMILES string of the molecule is CN1CCN(C2(C3CCC3)CCCCC2(C)C(N)=O)CC1. The molecule has 1 heterocycles. The van der Waals surface area contributed by atoms with Gasteiger partial charge in [-0.05, 0) is 45.6 Å². The third kappa shape index (κ3) is 2.22. The predicted molar refractivity (Wildman–Crippen MR) is 84.9 cm³/mol. The molecule has 21 heavy (non-hydrogen) atoms. The Hall–Kier alpha value is -0.610. The van der Waals surface area contributed by atoms with Crippen LogP contribution in [0.2, 0.25) is 0 Å². The number of likely N-dealkylation sites (N-methyl/N-ethyl adjacent to an activating group) is 1. The summed E-state index contributed by atoms with van der Waals surface area (Å²) in [4.78, 5) is 17.5. The number of nitrogens with zero attached hydrogens (tertiary/aromatic N) is 2. The predicted octanol–water partition coefficient (Wildman–Crippen LogP) is 1.84. The molecule has 0 aromatic heterocycles. The molecule has 4 nitrogen and oxygen atoms in total. The highest BCUT2D eigenvalue weighted by molar-refractivity contribution is 5.82. The second-order valence-corrected chi connectivity index (χ2v) is 7.75. The molecule has 2 unspecified atom stereocenters. The molecule has 0 spiro atoms. The Balaban J connectivity index is 1.96. The summed E-state index contributed by atoms with van der Waals surface area (Å²) < 4.78 is 0. The number of hydrogen-bond donors (Lipinski definition) is 1. The van der Waals surface area contributed by atoms with Crippen molar-refractivity contribution in [1.29, 1.82) is 0 Å². The smallest absolute Gasteiger partial charge is 0.225 e. The van der Waals surface area contributed by atoms with Gasteiger partial charge in [0.1, 0.15) is 0 Å². The van der Waals surface area contributed by atoms with E-state index in [1.165, 1.54) is 32.1 Å². The topological polar surface area (TPSA) is 49.6 Å². The van der Waals surface area contributed by atoms with Crippen molar-refractivity contribution in [2.24, 2.45) is 17.1 Å². The Labute approximate surface area is 129 Å². The van der Waals surface area contributed by atoms with Crippen molar-refractivity contribution < 1.29 is 4.79 Å². The molecule has 1 amide bonds. The maximum Gasteiger partial charge on any atom is 0.225 e. The van der Waals surface area contributed by atoms with Gasteiger partial charge >= 0.3 is 0 Å².